The van der Waals surface area contributed by atoms with E-state index in [1.807, 2.05) is 4.90 Å². The van der Waals surface area contributed by atoms with Crippen molar-refractivity contribution in [1.82, 2.24) is 9.80 Å². The normalized spacial score (nSPS) is 31.8. The first kappa shape index (κ1) is 12.8. The maximum absolute atomic E-state index is 10.6. The number of carbonyl (C=O) groups is 1. The van der Waals surface area contributed by atoms with Gasteiger partial charge in [-0.05, 0) is 24.7 Å². The zero-order valence-corrected chi connectivity index (χ0v) is 10.8. The van der Waals surface area contributed by atoms with Crippen LogP contribution in [-0.4, -0.2) is 60.1 Å². The molecule has 2 unspecified atom stereocenters. The van der Waals surface area contributed by atoms with E-state index in [1.165, 1.54) is 25.8 Å². The van der Waals surface area contributed by atoms with Gasteiger partial charge >= 0.3 is 5.97 Å². The number of nitrogens with zero attached hydrogens (tertiary/aromatic N) is 2. The Hall–Kier alpha value is -0.610. The summed E-state index contributed by atoms with van der Waals surface area (Å²) in [4.78, 5) is 15.2. The third-order valence-corrected chi connectivity index (χ3v) is 4.14. The fourth-order valence-corrected chi connectivity index (χ4v) is 3.18. The summed E-state index contributed by atoms with van der Waals surface area (Å²) in [5, 5.41) is 8.74. The summed E-state index contributed by atoms with van der Waals surface area (Å²) >= 11 is 0. The van der Waals surface area contributed by atoms with Crippen molar-refractivity contribution in [2.24, 2.45) is 11.8 Å². The van der Waals surface area contributed by atoms with Gasteiger partial charge in [0.05, 0.1) is 6.54 Å². The largest absolute Gasteiger partial charge is 0.480 e. The van der Waals surface area contributed by atoms with Crippen LogP contribution in [0.25, 0.3) is 0 Å². The molecular weight excluding hydrogens is 216 g/mol. The molecule has 2 fully saturated rings. The summed E-state index contributed by atoms with van der Waals surface area (Å²) in [5.74, 6) is 1.09. The molecule has 0 spiro atoms. The number of hydrogen-bond acceptors (Lipinski definition) is 3. The highest BCUT2D eigenvalue weighted by atomic mass is 16.4. The van der Waals surface area contributed by atoms with Crippen molar-refractivity contribution in [1.29, 1.82) is 0 Å². The number of aliphatic carboxylic acids is 1. The van der Waals surface area contributed by atoms with E-state index >= 15 is 0 Å². The summed E-state index contributed by atoms with van der Waals surface area (Å²) < 4.78 is 0. The average molecular weight is 240 g/mol. The third-order valence-electron chi connectivity index (χ3n) is 4.14. The second-order valence-corrected chi connectivity index (χ2v) is 5.75. The molecule has 4 nitrogen and oxygen atoms in total. The Morgan fingerprint density at radius 1 is 1.18 bits per heavy atom. The molecule has 1 N–H and O–H groups in total. The highest BCUT2D eigenvalue weighted by molar-refractivity contribution is 5.69. The fraction of sp³-hybridized carbons (Fsp3) is 0.923. The number of carboxylic acids is 1. The van der Waals surface area contributed by atoms with Crippen LogP contribution in [-0.2, 0) is 4.79 Å². The van der Waals surface area contributed by atoms with E-state index in [-0.39, 0.29) is 6.54 Å². The summed E-state index contributed by atoms with van der Waals surface area (Å²) in [5.41, 5.74) is 0. The van der Waals surface area contributed by atoms with E-state index in [1.54, 1.807) is 0 Å². The molecule has 1 heterocycles. The molecule has 0 bridgehead atoms. The number of carboxylic acid groups (broad SMARTS) is 1. The molecule has 1 aliphatic carbocycles. The minimum Gasteiger partial charge on any atom is -0.480 e. The van der Waals surface area contributed by atoms with Gasteiger partial charge in [0.15, 0.2) is 0 Å². The summed E-state index contributed by atoms with van der Waals surface area (Å²) in [6.45, 7) is 7.68. The fourth-order valence-electron chi connectivity index (χ4n) is 3.18. The Kier molecular flexibility index (Phi) is 4.40. The second kappa shape index (κ2) is 5.83. The lowest BCUT2D eigenvalue weighted by molar-refractivity contribution is -0.138. The zero-order valence-electron chi connectivity index (χ0n) is 10.8. The molecule has 98 valence electrons. The first-order chi connectivity index (χ1) is 8.13. The molecule has 0 amide bonds. The predicted octanol–water partition coefficient (Wildman–Crippen LogP) is 1.12. The number of piperazine rings is 1. The molecule has 0 aromatic heterocycles. The van der Waals surface area contributed by atoms with Crippen molar-refractivity contribution >= 4 is 5.97 Å². The Bertz CT molecular complexity index is 262. The van der Waals surface area contributed by atoms with Crippen LogP contribution in [0.5, 0.6) is 0 Å². The van der Waals surface area contributed by atoms with E-state index in [2.05, 4.69) is 11.8 Å². The molecule has 1 saturated heterocycles. The topological polar surface area (TPSA) is 43.8 Å². The Balaban J connectivity index is 1.67. The molecule has 2 aliphatic rings. The maximum atomic E-state index is 10.6. The minimum absolute atomic E-state index is 0.203. The van der Waals surface area contributed by atoms with Gasteiger partial charge in [-0.3, -0.25) is 9.69 Å². The van der Waals surface area contributed by atoms with Gasteiger partial charge in [0.25, 0.3) is 0 Å². The van der Waals surface area contributed by atoms with Gasteiger partial charge in [-0.2, -0.15) is 0 Å². The molecule has 1 saturated carbocycles. The summed E-state index contributed by atoms with van der Waals surface area (Å²) in [6, 6.07) is 0. The summed E-state index contributed by atoms with van der Waals surface area (Å²) in [6.07, 6.45) is 4.16. The Morgan fingerprint density at radius 2 is 1.82 bits per heavy atom. The quantitative estimate of drug-likeness (QED) is 0.800. The monoisotopic (exact) mass is 240 g/mol. The molecule has 0 aromatic carbocycles. The van der Waals surface area contributed by atoms with Gasteiger partial charge in [-0.1, -0.05) is 13.3 Å². The smallest absolute Gasteiger partial charge is 0.317 e. The van der Waals surface area contributed by atoms with Crippen molar-refractivity contribution in [3.8, 4) is 0 Å². The Morgan fingerprint density at radius 3 is 2.35 bits per heavy atom. The van der Waals surface area contributed by atoms with Crippen LogP contribution in [0.3, 0.4) is 0 Å². The van der Waals surface area contributed by atoms with E-state index in [0.717, 1.165) is 38.0 Å². The van der Waals surface area contributed by atoms with E-state index in [0.29, 0.717) is 0 Å². The van der Waals surface area contributed by atoms with Crippen LogP contribution in [0.2, 0.25) is 0 Å². The first-order valence-electron chi connectivity index (χ1n) is 6.80. The van der Waals surface area contributed by atoms with Crippen molar-refractivity contribution in [2.75, 3.05) is 39.3 Å². The molecule has 2 atom stereocenters. The molecule has 0 radical (unpaired) electrons. The first-order valence-corrected chi connectivity index (χ1v) is 6.80. The predicted molar refractivity (Wildman–Crippen MR) is 67.0 cm³/mol. The second-order valence-electron chi connectivity index (χ2n) is 5.75. The number of hydrogen-bond donors (Lipinski definition) is 1. The molecule has 17 heavy (non-hydrogen) atoms. The molecular formula is C13H24N2O2. The number of rotatable bonds is 4. The van der Waals surface area contributed by atoms with E-state index < -0.39 is 5.97 Å². The van der Waals surface area contributed by atoms with Crippen LogP contribution in [0.1, 0.15) is 26.2 Å². The van der Waals surface area contributed by atoms with Gasteiger partial charge in [-0.25, -0.2) is 0 Å². The lowest BCUT2D eigenvalue weighted by atomic mass is 10.1. The summed E-state index contributed by atoms with van der Waals surface area (Å²) in [7, 11) is 0. The van der Waals surface area contributed by atoms with Crippen LogP contribution in [0, 0.1) is 11.8 Å². The van der Waals surface area contributed by atoms with Crippen LogP contribution in [0.15, 0.2) is 0 Å². The molecule has 1 aliphatic heterocycles. The third kappa shape index (κ3) is 3.96. The minimum atomic E-state index is -0.705. The zero-order chi connectivity index (χ0) is 12.3. The highest BCUT2D eigenvalue weighted by Gasteiger charge is 2.25. The lowest BCUT2D eigenvalue weighted by Crippen LogP contribution is -2.48. The van der Waals surface area contributed by atoms with Crippen LogP contribution < -0.4 is 0 Å². The van der Waals surface area contributed by atoms with Gasteiger partial charge in [0.2, 0.25) is 0 Å². The average Bonchev–Trinajstić information content (AvgIpc) is 2.66. The van der Waals surface area contributed by atoms with E-state index in [4.69, 9.17) is 5.11 Å². The maximum Gasteiger partial charge on any atom is 0.317 e. The van der Waals surface area contributed by atoms with Crippen molar-refractivity contribution in [3.05, 3.63) is 0 Å². The van der Waals surface area contributed by atoms with Gasteiger partial charge in [0.1, 0.15) is 0 Å². The lowest BCUT2D eigenvalue weighted by Gasteiger charge is -2.35. The van der Waals surface area contributed by atoms with Gasteiger partial charge in [-0.15, -0.1) is 0 Å². The van der Waals surface area contributed by atoms with E-state index in [9.17, 15) is 4.79 Å². The van der Waals surface area contributed by atoms with Crippen molar-refractivity contribution in [2.45, 2.75) is 26.2 Å². The molecule has 2 rings (SSSR count). The van der Waals surface area contributed by atoms with Crippen LogP contribution >= 0.6 is 0 Å². The van der Waals surface area contributed by atoms with Gasteiger partial charge in [0, 0.05) is 32.7 Å². The standard InChI is InChI=1S/C13H24N2O2/c1-11-2-3-12(8-11)9-14-4-6-15(7-5-14)10-13(16)17/h11-12H,2-10H2,1H3,(H,16,17). The van der Waals surface area contributed by atoms with Crippen LogP contribution in [0.4, 0.5) is 0 Å². The highest BCUT2D eigenvalue weighted by Crippen LogP contribution is 2.30. The van der Waals surface area contributed by atoms with Crippen molar-refractivity contribution in [3.63, 3.8) is 0 Å². The Labute approximate surface area is 104 Å². The van der Waals surface area contributed by atoms with Crippen molar-refractivity contribution < 1.29 is 9.90 Å². The SMILES string of the molecule is CC1CCC(CN2CCN(CC(=O)O)CC2)C1. The molecule has 0 aromatic rings. The van der Waals surface area contributed by atoms with Gasteiger partial charge < -0.3 is 10.0 Å². The molecule has 4 heteroatoms.